The van der Waals surface area contributed by atoms with Gasteiger partial charge in [0.25, 0.3) is 0 Å². The van der Waals surface area contributed by atoms with E-state index in [-0.39, 0.29) is 0 Å². The molecule has 0 aliphatic carbocycles. The van der Waals surface area contributed by atoms with E-state index in [4.69, 9.17) is 11.5 Å². The number of hydrogen-bond acceptors (Lipinski definition) is 3. The summed E-state index contributed by atoms with van der Waals surface area (Å²) < 4.78 is 0. The van der Waals surface area contributed by atoms with Crippen molar-refractivity contribution in [3.05, 3.63) is 11.6 Å². The molecule has 1 atom stereocenters. The number of allylic oxidation sites excluding steroid dienone is 1. The minimum Gasteiger partial charge on any atom is -0.368 e. The molecule has 0 radical (unpaired) electrons. The molecular weight excluding hydrogens is 170 g/mol. The van der Waals surface area contributed by atoms with Crippen molar-refractivity contribution in [3.63, 3.8) is 0 Å². The highest BCUT2D eigenvalue weighted by Gasteiger charge is 2.02. The van der Waals surface area contributed by atoms with Crippen LogP contribution in [0.4, 0.5) is 0 Å². The molecule has 72 valence electrons. The fraction of sp³-hybridized carbons (Fsp3) is 0.375. The number of carbonyl (C=O) groups is 2. The molecule has 0 spiro atoms. The van der Waals surface area contributed by atoms with E-state index >= 15 is 0 Å². The summed E-state index contributed by atoms with van der Waals surface area (Å²) in [5, 5.41) is 0. The van der Waals surface area contributed by atoms with E-state index < -0.39 is 17.9 Å². The highest BCUT2D eigenvalue weighted by molar-refractivity contribution is 5.95. The van der Waals surface area contributed by atoms with E-state index in [0.717, 1.165) is 0 Å². The van der Waals surface area contributed by atoms with Gasteiger partial charge in [-0.2, -0.15) is 0 Å². The number of primary amides is 2. The molecular formula is C8H13N3O2. The maximum absolute atomic E-state index is 10.5. The smallest absolute Gasteiger partial charge is 0.244 e. The number of amides is 2. The molecule has 0 fully saturated rings. The zero-order chi connectivity index (χ0) is 10.4. The SMILES string of the molecule is C/C(=C\C=N/C(C)C(N)=O)C(N)=O. The van der Waals surface area contributed by atoms with Crippen LogP contribution >= 0.6 is 0 Å². The Bertz CT molecular complexity index is 269. The van der Waals surface area contributed by atoms with Crippen molar-refractivity contribution in [3.8, 4) is 0 Å². The third-order valence-corrected chi connectivity index (χ3v) is 1.43. The van der Waals surface area contributed by atoms with Gasteiger partial charge in [-0.3, -0.25) is 14.6 Å². The first-order valence-corrected chi connectivity index (χ1v) is 3.74. The van der Waals surface area contributed by atoms with E-state index in [9.17, 15) is 9.59 Å². The fourth-order valence-corrected chi connectivity index (χ4v) is 0.440. The van der Waals surface area contributed by atoms with E-state index in [1.807, 2.05) is 0 Å². The summed E-state index contributed by atoms with van der Waals surface area (Å²) in [4.78, 5) is 24.8. The number of hydrogen-bond donors (Lipinski definition) is 2. The highest BCUT2D eigenvalue weighted by Crippen LogP contribution is 1.89. The summed E-state index contributed by atoms with van der Waals surface area (Å²) in [6.07, 6.45) is 2.78. The number of rotatable bonds is 4. The maximum atomic E-state index is 10.5. The van der Waals surface area contributed by atoms with Crippen LogP contribution in [0, 0.1) is 0 Å². The van der Waals surface area contributed by atoms with Gasteiger partial charge < -0.3 is 11.5 Å². The van der Waals surface area contributed by atoms with Crippen LogP contribution in [-0.4, -0.2) is 24.1 Å². The third-order valence-electron chi connectivity index (χ3n) is 1.43. The monoisotopic (exact) mass is 183 g/mol. The fourth-order valence-electron chi connectivity index (χ4n) is 0.440. The molecule has 4 N–H and O–H groups in total. The van der Waals surface area contributed by atoms with Crippen molar-refractivity contribution in [2.45, 2.75) is 19.9 Å². The Balaban J connectivity index is 4.22. The Hall–Kier alpha value is -1.65. The molecule has 0 bridgehead atoms. The van der Waals surface area contributed by atoms with Crippen LogP contribution in [-0.2, 0) is 9.59 Å². The number of nitrogens with zero attached hydrogens (tertiary/aromatic N) is 1. The van der Waals surface area contributed by atoms with Crippen molar-refractivity contribution >= 4 is 18.0 Å². The Morgan fingerprint density at radius 3 is 2.31 bits per heavy atom. The van der Waals surface area contributed by atoms with Gasteiger partial charge in [0.15, 0.2) is 0 Å². The average molecular weight is 183 g/mol. The van der Waals surface area contributed by atoms with Gasteiger partial charge in [-0.25, -0.2) is 0 Å². The average Bonchev–Trinajstić information content (AvgIpc) is 2.03. The zero-order valence-corrected chi connectivity index (χ0v) is 7.65. The van der Waals surface area contributed by atoms with Gasteiger partial charge in [0.05, 0.1) is 0 Å². The first-order valence-electron chi connectivity index (χ1n) is 3.74. The van der Waals surface area contributed by atoms with Crippen LogP contribution in [0.25, 0.3) is 0 Å². The molecule has 0 aliphatic heterocycles. The van der Waals surface area contributed by atoms with Crippen molar-refractivity contribution in [1.82, 2.24) is 0 Å². The molecule has 0 heterocycles. The van der Waals surface area contributed by atoms with E-state index in [2.05, 4.69) is 4.99 Å². The van der Waals surface area contributed by atoms with Gasteiger partial charge in [-0.1, -0.05) is 0 Å². The predicted octanol–water partition coefficient (Wildman–Crippen LogP) is -0.637. The third kappa shape index (κ3) is 4.73. The minimum absolute atomic E-state index is 0.375. The summed E-state index contributed by atoms with van der Waals surface area (Å²) in [6.45, 7) is 3.12. The van der Waals surface area contributed by atoms with Crippen LogP contribution in [0.15, 0.2) is 16.6 Å². The summed E-state index contributed by atoms with van der Waals surface area (Å²) in [7, 11) is 0. The lowest BCUT2D eigenvalue weighted by molar-refractivity contribution is -0.118. The minimum atomic E-state index is -0.586. The molecule has 0 aromatic heterocycles. The van der Waals surface area contributed by atoms with Gasteiger partial charge in [0.1, 0.15) is 6.04 Å². The van der Waals surface area contributed by atoms with Crippen LogP contribution < -0.4 is 11.5 Å². The summed E-state index contributed by atoms with van der Waals surface area (Å²) >= 11 is 0. The molecule has 5 heteroatoms. The van der Waals surface area contributed by atoms with Crippen LogP contribution in [0.3, 0.4) is 0 Å². The maximum Gasteiger partial charge on any atom is 0.244 e. The van der Waals surface area contributed by atoms with Crippen LogP contribution in [0.2, 0.25) is 0 Å². The van der Waals surface area contributed by atoms with Crippen molar-refractivity contribution in [2.75, 3.05) is 0 Å². The van der Waals surface area contributed by atoms with Gasteiger partial charge >= 0.3 is 0 Å². The molecule has 0 aromatic rings. The van der Waals surface area contributed by atoms with Gasteiger partial charge in [-0.05, 0) is 19.9 Å². The molecule has 0 aromatic carbocycles. The lowest BCUT2D eigenvalue weighted by Crippen LogP contribution is -2.23. The van der Waals surface area contributed by atoms with Gasteiger partial charge in [0, 0.05) is 11.8 Å². The highest BCUT2D eigenvalue weighted by atomic mass is 16.1. The zero-order valence-electron chi connectivity index (χ0n) is 7.65. The molecule has 2 amide bonds. The first-order chi connectivity index (χ1) is 5.95. The van der Waals surface area contributed by atoms with Crippen LogP contribution in [0.1, 0.15) is 13.8 Å². The molecule has 0 saturated carbocycles. The lowest BCUT2D eigenvalue weighted by Gasteiger charge is -1.97. The second-order valence-corrected chi connectivity index (χ2v) is 2.59. The predicted molar refractivity (Wildman–Crippen MR) is 50.1 cm³/mol. The topological polar surface area (TPSA) is 98.5 Å². The molecule has 0 rings (SSSR count). The lowest BCUT2D eigenvalue weighted by atomic mass is 10.3. The van der Waals surface area contributed by atoms with Crippen LogP contribution in [0.5, 0.6) is 0 Å². The van der Waals surface area contributed by atoms with Crippen molar-refractivity contribution in [1.29, 1.82) is 0 Å². The number of aliphatic imine (C=N–C) groups is 1. The Labute approximate surface area is 76.5 Å². The quantitative estimate of drug-likeness (QED) is 0.447. The first kappa shape index (κ1) is 11.4. The number of carbonyl (C=O) groups excluding carboxylic acids is 2. The molecule has 0 saturated heterocycles. The molecule has 5 nitrogen and oxygen atoms in total. The summed E-state index contributed by atoms with van der Waals surface area (Å²) in [6, 6.07) is -0.586. The largest absolute Gasteiger partial charge is 0.368 e. The second kappa shape index (κ2) is 5.08. The van der Waals surface area contributed by atoms with Gasteiger partial charge in [0.2, 0.25) is 11.8 Å². The van der Waals surface area contributed by atoms with Crippen molar-refractivity contribution in [2.24, 2.45) is 16.5 Å². The molecule has 1 unspecified atom stereocenters. The normalized spacial score (nSPS) is 14.5. The molecule has 13 heavy (non-hydrogen) atoms. The van der Waals surface area contributed by atoms with Gasteiger partial charge in [-0.15, -0.1) is 0 Å². The molecule has 0 aliphatic rings. The Morgan fingerprint density at radius 2 is 1.92 bits per heavy atom. The van der Waals surface area contributed by atoms with E-state index in [0.29, 0.717) is 5.57 Å². The standard InChI is InChI=1S/C8H13N3O2/c1-5(7(9)12)3-4-11-6(2)8(10)13/h3-4,6H,1-2H3,(H2,9,12)(H2,10,13)/b5-3+,11-4-. The second-order valence-electron chi connectivity index (χ2n) is 2.59. The summed E-state index contributed by atoms with van der Waals surface area (Å²) in [5.74, 6) is -1.03. The Kier molecular flexibility index (Phi) is 4.43. The van der Waals surface area contributed by atoms with E-state index in [1.165, 1.54) is 12.3 Å². The summed E-state index contributed by atoms with van der Waals surface area (Å²) in [5.41, 5.74) is 10.3. The Morgan fingerprint density at radius 1 is 1.38 bits per heavy atom. The van der Waals surface area contributed by atoms with E-state index in [1.54, 1.807) is 13.8 Å². The van der Waals surface area contributed by atoms with Crippen molar-refractivity contribution < 1.29 is 9.59 Å². The number of nitrogens with two attached hydrogens (primary N) is 2.